The lowest BCUT2D eigenvalue weighted by Gasteiger charge is -2.50. The van der Waals surface area contributed by atoms with Gasteiger partial charge >= 0.3 is 0 Å². The minimum atomic E-state index is -0.359. The molecule has 5 aliphatic heterocycles. The number of benzene rings is 4. The summed E-state index contributed by atoms with van der Waals surface area (Å²) in [7, 11) is 1.77. The van der Waals surface area contributed by atoms with Gasteiger partial charge in [-0.1, -0.05) is 32.9 Å². The lowest BCUT2D eigenvalue weighted by atomic mass is 9.69. The summed E-state index contributed by atoms with van der Waals surface area (Å²) in [5, 5.41) is 2.37. The van der Waals surface area contributed by atoms with Crippen LogP contribution in [0.5, 0.6) is 40.2 Å². The summed E-state index contributed by atoms with van der Waals surface area (Å²) in [4.78, 5) is 2.67. The smallest absolute Gasteiger partial charge is 0.231 e. The van der Waals surface area contributed by atoms with Gasteiger partial charge in [0.25, 0.3) is 0 Å². The normalized spacial score (nSPS) is 22.4. The van der Waals surface area contributed by atoms with Gasteiger partial charge in [0.05, 0.1) is 36.3 Å². The molecule has 11 rings (SSSR count). The second-order valence-electron chi connectivity index (χ2n) is 18.3. The van der Waals surface area contributed by atoms with Crippen molar-refractivity contribution in [2.24, 2.45) is 0 Å². The first-order valence-corrected chi connectivity index (χ1v) is 20.2. The van der Waals surface area contributed by atoms with Crippen molar-refractivity contribution in [3.05, 3.63) is 94.2 Å². The fourth-order valence-corrected chi connectivity index (χ4v) is 10.5. The molecule has 4 atom stereocenters. The molecule has 0 fully saturated rings. The average Bonchev–Trinajstić information content (AvgIpc) is 3.95. The Hall–Kier alpha value is -5.19. The van der Waals surface area contributed by atoms with Crippen LogP contribution in [-0.4, -0.2) is 50.6 Å². The monoisotopic (exact) mass is 769 g/mol. The first-order chi connectivity index (χ1) is 27.4. The minimum absolute atomic E-state index is 0.00337. The third-order valence-corrected chi connectivity index (χ3v) is 12.6. The fraction of sp³-hybridized carbons (Fsp3) is 0.426. The van der Waals surface area contributed by atoms with Crippen LogP contribution in [0.2, 0.25) is 0 Å². The number of hydrogen-bond donors (Lipinski definition) is 0. The Balaban J connectivity index is 1.11. The Morgan fingerprint density at radius 2 is 1.44 bits per heavy atom. The van der Waals surface area contributed by atoms with E-state index in [-0.39, 0.29) is 55.5 Å². The summed E-state index contributed by atoms with van der Waals surface area (Å²) in [5.41, 5.74) is 9.23. The Morgan fingerprint density at radius 1 is 0.737 bits per heavy atom. The average molecular weight is 770 g/mol. The van der Waals surface area contributed by atoms with Crippen LogP contribution in [0.4, 0.5) is 0 Å². The molecule has 0 saturated heterocycles. The van der Waals surface area contributed by atoms with Gasteiger partial charge in [0.15, 0.2) is 46.7 Å². The molecule has 4 unspecified atom stereocenters. The summed E-state index contributed by atoms with van der Waals surface area (Å²) in [6.07, 6.45) is 3.86. The SMILES string of the molecule is COc1ccc2cc3[n+](cc2c1C(C)(C)C)C(CN1Cc2c(ccc4c2OCO4)C2C(OC(C)(C)C)Cc4cc5c(cc4C21)OCO5)Cc1cc2c(cc1-3)OCO2. The van der Waals surface area contributed by atoms with Gasteiger partial charge in [0.1, 0.15) is 5.75 Å². The molecule has 0 amide bonds. The lowest BCUT2D eigenvalue weighted by molar-refractivity contribution is -0.713. The van der Waals surface area contributed by atoms with Crippen molar-refractivity contribution < 1.29 is 42.5 Å². The number of pyridine rings is 1. The van der Waals surface area contributed by atoms with Crippen LogP contribution in [-0.2, 0) is 29.5 Å². The molecule has 6 aliphatic rings. The third-order valence-electron chi connectivity index (χ3n) is 12.6. The van der Waals surface area contributed by atoms with E-state index in [2.05, 4.69) is 112 Å². The molecule has 57 heavy (non-hydrogen) atoms. The van der Waals surface area contributed by atoms with E-state index in [0.29, 0.717) is 6.54 Å². The van der Waals surface area contributed by atoms with Gasteiger partial charge in [-0.2, -0.15) is 4.57 Å². The minimum Gasteiger partial charge on any atom is -0.496 e. The highest BCUT2D eigenvalue weighted by atomic mass is 16.7. The van der Waals surface area contributed by atoms with Gasteiger partial charge < -0.3 is 37.9 Å². The van der Waals surface area contributed by atoms with Gasteiger partial charge in [-0.15, -0.1) is 0 Å². The largest absolute Gasteiger partial charge is 0.496 e. The van der Waals surface area contributed by atoms with Crippen LogP contribution >= 0.6 is 0 Å². The molecule has 1 aliphatic carbocycles. The van der Waals surface area contributed by atoms with Crippen molar-refractivity contribution in [2.45, 2.75) is 96.1 Å². The number of methoxy groups -OCH3 is 1. The number of aromatic nitrogens is 1. The zero-order chi connectivity index (χ0) is 39.0. The summed E-state index contributed by atoms with van der Waals surface area (Å²) < 4.78 is 51.8. The lowest BCUT2D eigenvalue weighted by Crippen LogP contribution is -2.54. The maximum Gasteiger partial charge on any atom is 0.231 e. The fourth-order valence-electron chi connectivity index (χ4n) is 10.5. The van der Waals surface area contributed by atoms with Crippen molar-refractivity contribution in [3.8, 4) is 51.5 Å². The van der Waals surface area contributed by atoms with Crippen LogP contribution in [0.25, 0.3) is 22.0 Å². The molecule has 5 aromatic rings. The first kappa shape index (κ1) is 35.0. The van der Waals surface area contributed by atoms with E-state index in [0.717, 1.165) is 65.3 Å². The molecule has 10 heteroatoms. The number of rotatable bonds is 4. The van der Waals surface area contributed by atoms with Gasteiger partial charge in [-0.25, -0.2) is 0 Å². The zero-order valence-corrected chi connectivity index (χ0v) is 33.7. The summed E-state index contributed by atoms with van der Waals surface area (Å²) in [6, 6.07) is 19.8. The predicted octanol–water partition coefficient (Wildman–Crippen LogP) is 8.46. The summed E-state index contributed by atoms with van der Waals surface area (Å²) in [5.74, 6) is 5.78. The van der Waals surface area contributed by atoms with E-state index >= 15 is 0 Å². The standard InChI is InChI=1S/C47H49N2O8/c1-46(2,3)43-32-21-49-28(12-26-14-37-39(54-22-52-37)17-30(26)34(49)13-25(32)8-10-35(43)50-7)19-48-20-33-29(9-11-36-45(33)56-24-51-36)42-41(57-47(4,5)6)16-27-15-38-40(55-23-53-38)18-31(27)44(42)48/h8-11,13-15,17-18,21,28,41-42,44H,12,16,19-20,22-24H2,1-7H3/q+1. The number of nitrogens with zero attached hydrogens (tertiary/aromatic N) is 2. The molecule has 0 bridgehead atoms. The van der Waals surface area contributed by atoms with Gasteiger partial charge in [0.2, 0.25) is 26.1 Å². The molecule has 4 aromatic carbocycles. The van der Waals surface area contributed by atoms with E-state index in [1.165, 1.54) is 49.7 Å². The maximum absolute atomic E-state index is 7.09. The summed E-state index contributed by atoms with van der Waals surface area (Å²) >= 11 is 0. The highest BCUT2D eigenvalue weighted by Crippen LogP contribution is 2.56. The van der Waals surface area contributed by atoms with E-state index in [1.54, 1.807) is 7.11 Å². The maximum atomic E-state index is 7.09. The van der Waals surface area contributed by atoms with Crippen molar-refractivity contribution in [1.82, 2.24) is 4.90 Å². The Bertz CT molecular complexity index is 2500. The molecule has 0 spiro atoms. The molecule has 294 valence electrons. The molecule has 6 heterocycles. The zero-order valence-electron chi connectivity index (χ0n) is 33.7. The van der Waals surface area contributed by atoms with Gasteiger partial charge in [-0.3, -0.25) is 4.90 Å². The number of hydrogen-bond acceptors (Lipinski definition) is 9. The van der Waals surface area contributed by atoms with Crippen molar-refractivity contribution >= 4 is 10.8 Å². The van der Waals surface area contributed by atoms with Crippen LogP contribution in [0.1, 0.15) is 92.9 Å². The molecule has 0 N–H and O–H groups in total. The Kier molecular flexibility index (Phi) is 7.62. The molecular weight excluding hydrogens is 721 g/mol. The quantitative estimate of drug-likeness (QED) is 0.167. The van der Waals surface area contributed by atoms with E-state index < -0.39 is 0 Å². The van der Waals surface area contributed by atoms with Crippen LogP contribution < -0.4 is 37.7 Å². The highest BCUT2D eigenvalue weighted by molar-refractivity contribution is 5.90. The van der Waals surface area contributed by atoms with Crippen molar-refractivity contribution in [1.29, 1.82) is 0 Å². The molecule has 0 saturated carbocycles. The summed E-state index contributed by atoms with van der Waals surface area (Å²) in [6.45, 7) is 15.4. The van der Waals surface area contributed by atoms with Crippen LogP contribution in [0.3, 0.4) is 0 Å². The van der Waals surface area contributed by atoms with Gasteiger partial charge in [0, 0.05) is 42.1 Å². The second kappa shape index (κ2) is 12.4. The number of ether oxygens (including phenoxy) is 8. The number of fused-ring (bicyclic) bond motifs is 13. The third kappa shape index (κ3) is 5.54. The highest BCUT2D eigenvalue weighted by Gasteiger charge is 2.50. The van der Waals surface area contributed by atoms with Crippen molar-refractivity contribution in [2.75, 3.05) is 34.0 Å². The van der Waals surface area contributed by atoms with E-state index in [4.69, 9.17) is 37.9 Å². The van der Waals surface area contributed by atoms with Crippen LogP contribution in [0.15, 0.2) is 60.8 Å². The molecule has 0 radical (unpaired) electrons. The van der Waals surface area contributed by atoms with E-state index in [9.17, 15) is 0 Å². The molecular formula is C47H49N2O8+. The Labute approximate surface area is 333 Å². The molecule has 1 aromatic heterocycles. The molecule has 10 nitrogen and oxygen atoms in total. The Morgan fingerprint density at radius 3 is 2.18 bits per heavy atom. The predicted molar refractivity (Wildman–Crippen MR) is 213 cm³/mol. The van der Waals surface area contributed by atoms with Gasteiger partial charge in [-0.05, 0) is 96.6 Å². The van der Waals surface area contributed by atoms with E-state index in [1.807, 2.05) is 0 Å². The topological polar surface area (TPSA) is 81.0 Å². The first-order valence-electron chi connectivity index (χ1n) is 20.2. The second-order valence-corrected chi connectivity index (χ2v) is 18.3. The van der Waals surface area contributed by atoms with Crippen LogP contribution in [0, 0.1) is 0 Å². The van der Waals surface area contributed by atoms with Crippen molar-refractivity contribution in [3.63, 3.8) is 0 Å².